The van der Waals surface area contributed by atoms with Gasteiger partial charge in [0.15, 0.2) is 6.19 Å². The molecule has 3 nitrogen and oxygen atoms in total. The summed E-state index contributed by atoms with van der Waals surface area (Å²) in [5.41, 5.74) is 0.763. The number of hydrogen-bond donors (Lipinski definition) is 1. The van der Waals surface area contributed by atoms with Crippen LogP contribution in [0.4, 0.5) is 0 Å². The van der Waals surface area contributed by atoms with E-state index in [1.165, 1.54) is 0 Å². The van der Waals surface area contributed by atoms with Crippen LogP contribution in [0.3, 0.4) is 0 Å². The number of hydrogen-bond acceptors (Lipinski definition) is 2. The first kappa shape index (κ1) is 7.70. The first-order valence-electron chi connectivity index (χ1n) is 2.50. The fourth-order valence-electron chi connectivity index (χ4n) is 0.406. The minimum atomic E-state index is 0. The van der Waals surface area contributed by atoms with E-state index in [-0.39, 0.29) is 1.43 Å². The van der Waals surface area contributed by atoms with Crippen molar-refractivity contribution in [2.45, 2.75) is 6.92 Å². The summed E-state index contributed by atoms with van der Waals surface area (Å²) in [6.45, 7) is 5.38. The zero-order chi connectivity index (χ0) is 7.28. The van der Waals surface area contributed by atoms with Gasteiger partial charge in [-0.15, -0.1) is 0 Å². The average Bonchev–Trinajstić information content (AvgIpc) is 1.82. The van der Waals surface area contributed by atoms with Crippen molar-refractivity contribution in [3.63, 3.8) is 0 Å². The Bertz CT molecular complexity index is 178. The Balaban J connectivity index is 0. The molecule has 0 radical (unpaired) electrons. The molecule has 0 atom stereocenters. The van der Waals surface area contributed by atoms with Gasteiger partial charge in [-0.3, -0.25) is 10.3 Å². The predicted octanol–water partition coefficient (Wildman–Crippen LogP) is 0.907. The standard InChI is InChI=1S/C6H9N3.H2/c1-5(2)6(8-3)9-4-7;/h1H2,2-3H3,(H,8,9);1H. The van der Waals surface area contributed by atoms with Crippen LogP contribution in [0, 0.1) is 11.5 Å². The Labute approximate surface area is 56.2 Å². The van der Waals surface area contributed by atoms with Gasteiger partial charge in [-0.1, -0.05) is 6.58 Å². The molecule has 0 spiro atoms. The van der Waals surface area contributed by atoms with Crippen LogP contribution in [0.2, 0.25) is 0 Å². The summed E-state index contributed by atoms with van der Waals surface area (Å²) < 4.78 is 0. The van der Waals surface area contributed by atoms with E-state index in [0.717, 1.165) is 5.57 Å². The molecule has 3 heteroatoms. The highest BCUT2D eigenvalue weighted by molar-refractivity contribution is 5.97. The van der Waals surface area contributed by atoms with Crippen molar-refractivity contribution >= 4 is 5.84 Å². The topological polar surface area (TPSA) is 48.2 Å². The lowest BCUT2D eigenvalue weighted by Gasteiger charge is -1.97. The summed E-state index contributed by atoms with van der Waals surface area (Å²) >= 11 is 0. The highest BCUT2D eigenvalue weighted by Crippen LogP contribution is 1.86. The molecular formula is C6H11N3. The van der Waals surface area contributed by atoms with Crippen LogP contribution in [0.25, 0.3) is 0 Å². The van der Waals surface area contributed by atoms with E-state index in [2.05, 4.69) is 16.9 Å². The van der Waals surface area contributed by atoms with E-state index in [0.29, 0.717) is 5.84 Å². The van der Waals surface area contributed by atoms with Crippen LogP contribution < -0.4 is 5.32 Å². The summed E-state index contributed by atoms with van der Waals surface area (Å²) in [6.07, 6.45) is 1.76. The lowest BCUT2D eigenvalue weighted by atomic mass is 10.3. The van der Waals surface area contributed by atoms with E-state index < -0.39 is 0 Å². The molecule has 0 amide bonds. The van der Waals surface area contributed by atoms with Crippen LogP contribution in [0.1, 0.15) is 8.35 Å². The normalized spacial score (nSPS) is 10.1. The number of aliphatic imine (C=N–C) groups is 1. The molecule has 0 saturated heterocycles. The fourth-order valence-corrected chi connectivity index (χ4v) is 0.406. The lowest BCUT2D eigenvalue weighted by Crippen LogP contribution is -2.17. The van der Waals surface area contributed by atoms with Crippen LogP contribution in [0.15, 0.2) is 17.1 Å². The third-order valence-corrected chi connectivity index (χ3v) is 0.802. The SMILES string of the molecule is C=C(C)C(=NC)NC#N.[HH]. The molecule has 0 aromatic heterocycles. The summed E-state index contributed by atoms with van der Waals surface area (Å²) in [7, 11) is 1.61. The second-order valence-electron chi connectivity index (χ2n) is 1.59. The fraction of sp³-hybridized carbons (Fsp3) is 0.333. The zero-order valence-corrected chi connectivity index (χ0v) is 5.60. The summed E-state index contributed by atoms with van der Waals surface area (Å²) in [5, 5.41) is 10.5. The highest BCUT2D eigenvalue weighted by atomic mass is 15.0. The third-order valence-electron chi connectivity index (χ3n) is 0.802. The van der Waals surface area contributed by atoms with Gasteiger partial charge < -0.3 is 0 Å². The van der Waals surface area contributed by atoms with Crippen LogP contribution in [-0.4, -0.2) is 12.9 Å². The molecule has 0 fully saturated rings. The van der Waals surface area contributed by atoms with Gasteiger partial charge in [0.05, 0.1) is 0 Å². The van der Waals surface area contributed by atoms with E-state index in [4.69, 9.17) is 5.26 Å². The molecule has 0 aromatic rings. The number of rotatable bonds is 1. The van der Waals surface area contributed by atoms with Crippen LogP contribution >= 0.6 is 0 Å². The first-order valence-corrected chi connectivity index (χ1v) is 2.50. The first-order chi connectivity index (χ1) is 4.22. The molecule has 0 aliphatic heterocycles. The quantitative estimate of drug-likeness (QED) is 0.245. The lowest BCUT2D eigenvalue weighted by molar-refractivity contribution is 1.21. The van der Waals surface area contributed by atoms with Gasteiger partial charge >= 0.3 is 0 Å². The summed E-state index contributed by atoms with van der Waals surface area (Å²) in [5.74, 6) is 0.539. The van der Waals surface area contributed by atoms with Crippen LogP contribution in [0.5, 0.6) is 0 Å². The van der Waals surface area contributed by atoms with Gasteiger partial charge in [0.2, 0.25) is 0 Å². The van der Waals surface area contributed by atoms with Crippen molar-refractivity contribution in [2.75, 3.05) is 7.05 Å². The van der Waals surface area contributed by atoms with Gasteiger partial charge in [-0.05, 0) is 12.5 Å². The molecule has 0 aliphatic rings. The Hall–Kier alpha value is -1.30. The second-order valence-corrected chi connectivity index (χ2v) is 1.59. The largest absolute Gasteiger partial charge is 0.277 e. The highest BCUT2D eigenvalue weighted by Gasteiger charge is 1.93. The number of nitrogens with one attached hydrogen (secondary N) is 1. The molecule has 50 valence electrons. The molecule has 0 saturated carbocycles. The summed E-state index contributed by atoms with van der Waals surface area (Å²) in [4.78, 5) is 3.76. The van der Waals surface area contributed by atoms with Crippen molar-refractivity contribution < 1.29 is 1.43 Å². The van der Waals surface area contributed by atoms with Gasteiger partial charge in [-0.25, -0.2) is 0 Å². The van der Waals surface area contributed by atoms with Crippen molar-refractivity contribution in [3.05, 3.63) is 12.2 Å². The molecular weight excluding hydrogens is 114 g/mol. The van der Waals surface area contributed by atoms with Gasteiger partial charge in [0.25, 0.3) is 0 Å². The number of amidine groups is 1. The third kappa shape index (κ3) is 2.50. The molecule has 9 heavy (non-hydrogen) atoms. The van der Waals surface area contributed by atoms with Gasteiger partial charge in [0, 0.05) is 8.47 Å². The number of nitriles is 1. The predicted molar refractivity (Wildman–Crippen MR) is 39.0 cm³/mol. The molecule has 0 rings (SSSR count). The molecule has 0 aromatic carbocycles. The Morgan fingerprint density at radius 1 is 1.89 bits per heavy atom. The monoisotopic (exact) mass is 125 g/mol. The Kier molecular flexibility index (Phi) is 3.14. The Morgan fingerprint density at radius 2 is 2.44 bits per heavy atom. The van der Waals surface area contributed by atoms with Gasteiger partial charge in [-0.2, -0.15) is 5.26 Å². The second kappa shape index (κ2) is 3.67. The maximum atomic E-state index is 8.13. The van der Waals surface area contributed by atoms with Gasteiger partial charge in [0.1, 0.15) is 5.84 Å². The smallest absolute Gasteiger partial charge is 0.182 e. The maximum absolute atomic E-state index is 8.13. The number of nitrogens with zero attached hydrogens (tertiary/aromatic N) is 2. The van der Waals surface area contributed by atoms with E-state index in [1.807, 2.05) is 0 Å². The molecule has 0 aliphatic carbocycles. The average molecular weight is 125 g/mol. The molecule has 0 unspecified atom stereocenters. The van der Waals surface area contributed by atoms with Crippen molar-refractivity contribution in [2.24, 2.45) is 4.99 Å². The van der Waals surface area contributed by atoms with Crippen molar-refractivity contribution in [1.29, 1.82) is 5.26 Å². The van der Waals surface area contributed by atoms with Crippen molar-refractivity contribution in [3.8, 4) is 6.19 Å². The Morgan fingerprint density at radius 3 is 2.56 bits per heavy atom. The minimum Gasteiger partial charge on any atom is -0.277 e. The minimum absolute atomic E-state index is 0. The maximum Gasteiger partial charge on any atom is 0.182 e. The summed E-state index contributed by atoms with van der Waals surface area (Å²) in [6, 6.07) is 0. The van der Waals surface area contributed by atoms with E-state index in [1.54, 1.807) is 20.2 Å². The molecule has 1 N–H and O–H groups in total. The van der Waals surface area contributed by atoms with Crippen LogP contribution in [-0.2, 0) is 0 Å². The van der Waals surface area contributed by atoms with E-state index >= 15 is 0 Å². The zero-order valence-electron chi connectivity index (χ0n) is 5.60. The van der Waals surface area contributed by atoms with Crippen molar-refractivity contribution in [1.82, 2.24) is 5.32 Å². The van der Waals surface area contributed by atoms with E-state index in [9.17, 15) is 0 Å². The molecule has 0 heterocycles. The molecule has 0 bridgehead atoms.